The monoisotopic (exact) mass is 379 g/mol. The number of aryl methyl sites for hydroxylation is 1. The van der Waals surface area contributed by atoms with E-state index in [-0.39, 0.29) is 24.8 Å². The van der Waals surface area contributed by atoms with Gasteiger partial charge in [-0.1, -0.05) is 36.4 Å². The fourth-order valence-corrected chi connectivity index (χ4v) is 4.65. The normalized spacial score (nSPS) is 22.7. The highest BCUT2D eigenvalue weighted by Crippen LogP contribution is 2.40. The molecule has 2 atom stereocenters. The largest absolute Gasteiger partial charge is 0.454 e. The number of carbonyl (C=O) groups excluding carboxylic acids is 1. The van der Waals surface area contributed by atoms with Crippen molar-refractivity contribution in [3.63, 3.8) is 0 Å². The Morgan fingerprint density at radius 3 is 2.86 bits per heavy atom. The fraction of sp³-hybridized carbons (Fsp3) is 0.435. The number of benzene rings is 2. The van der Waals surface area contributed by atoms with Crippen molar-refractivity contribution in [2.75, 3.05) is 13.4 Å². The summed E-state index contributed by atoms with van der Waals surface area (Å²) < 4.78 is 17.0. The zero-order valence-electron chi connectivity index (χ0n) is 15.9. The molecule has 5 nitrogen and oxygen atoms in total. The van der Waals surface area contributed by atoms with Crippen LogP contribution in [0.1, 0.15) is 48.4 Å². The second kappa shape index (κ2) is 7.47. The van der Waals surface area contributed by atoms with Crippen LogP contribution < -0.4 is 9.47 Å². The van der Waals surface area contributed by atoms with Gasteiger partial charge in [-0.25, -0.2) is 0 Å². The molecular weight excluding hydrogens is 354 g/mol. The van der Waals surface area contributed by atoms with E-state index < -0.39 is 0 Å². The van der Waals surface area contributed by atoms with E-state index in [2.05, 4.69) is 24.3 Å². The van der Waals surface area contributed by atoms with Gasteiger partial charge < -0.3 is 19.1 Å². The minimum absolute atomic E-state index is 0.0693. The van der Waals surface area contributed by atoms with E-state index >= 15 is 0 Å². The van der Waals surface area contributed by atoms with Crippen molar-refractivity contribution < 1.29 is 19.0 Å². The van der Waals surface area contributed by atoms with Crippen LogP contribution in [0.2, 0.25) is 0 Å². The summed E-state index contributed by atoms with van der Waals surface area (Å²) in [7, 11) is 0. The first-order chi connectivity index (χ1) is 13.8. The number of amides is 1. The molecule has 28 heavy (non-hydrogen) atoms. The predicted molar refractivity (Wildman–Crippen MR) is 104 cm³/mol. The zero-order valence-corrected chi connectivity index (χ0v) is 15.9. The molecule has 5 heteroatoms. The molecule has 2 aliphatic heterocycles. The molecule has 0 N–H and O–H groups in total. The molecule has 0 aromatic heterocycles. The molecule has 2 aromatic carbocycles. The second-order valence-electron chi connectivity index (χ2n) is 7.73. The van der Waals surface area contributed by atoms with E-state index in [4.69, 9.17) is 14.2 Å². The lowest BCUT2D eigenvalue weighted by Gasteiger charge is -2.37. The average molecular weight is 379 g/mol. The average Bonchev–Trinajstić information content (AvgIpc) is 3.43. The smallest absolute Gasteiger partial charge is 0.252 e. The topological polar surface area (TPSA) is 48.0 Å². The van der Waals surface area contributed by atoms with Crippen molar-refractivity contribution in [3.8, 4) is 11.5 Å². The van der Waals surface area contributed by atoms with Crippen LogP contribution in [0.3, 0.4) is 0 Å². The molecular formula is C23H25NO4. The summed E-state index contributed by atoms with van der Waals surface area (Å²) in [6.07, 6.45) is 4.56. The third-order valence-electron chi connectivity index (χ3n) is 6.02. The van der Waals surface area contributed by atoms with Gasteiger partial charge in [0.05, 0.1) is 12.6 Å². The predicted octanol–water partition coefficient (Wildman–Crippen LogP) is 4.00. The van der Waals surface area contributed by atoms with E-state index in [9.17, 15) is 4.79 Å². The van der Waals surface area contributed by atoms with E-state index in [0.29, 0.717) is 13.2 Å². The highest BCUT2D eigenvalue weighted by Gasteiger charge is 2.35. The van der Waals surface area contributed by atoms with Crippen LogP contribution in [0.4, 0.5) is 0 Å². The zero-order chi connectivity index (χ0) is 18.9. The van der Waals surface area contributed by atoms with E-state index in [0.717, 1.165) is 49.2 Å². The van der Waals surface area contributed by atoms with Gasteiger partial charge in [-0.05, 0) is 49.3 Å². The summed E-state index contributed by atoms with van der Waals surface area (Å²) in [5.74, 6) is 1.61. The van der Waals surface area contributed by atoms with Crippen molar-refractivity contribution in [2.45, 2.75) is 50.8 Å². The number of hydrogen-bond donors (Lipinski definition) is 0. The van der Waals surface area contributed by atoms with Crippen molar-refractivity contribution in [2.24, 2.45) is 0 Å². The molecule has 3 aliphatic rings. The van der Waals surface area contributed by atoms with Crippen LogP contribution >= 0.6 is 0 Å². The van der Waals surface area contributed by atoms with E-state index in [1.165, 1.54) is 11.1 Å². The van der Waals surface area contributed by atoms with Crippen LogP contribution in [-0.4, -0.2) is 30.3 Å². The van der Waals surface area contributed by atoms with Crippen LogP contribution in [0.5, 0.6) is 11.5 Å². The number of carbonyl (C=O) groups is 1. The summed E-state index contributed by atoms with van der Waals surface area (Å²) in [6.45, 7) is 1.41. The maximum atomic E-state index is 13.5. The maximum Gasteiger partial charge on any atom is 0.252 e. The van der Waals surface area contributed by atoms with Gasteiger partial charge in [0.25, 0.3) is 5.91 Å². The third kappa shape index (κ3) is 3.14. The molecule has 1 saturated heterocycles. The molecule has 1 fully saturated rings. The third-order valence-corrected chi connectivity index (χ3v) is 6.02. The SMILES string of the molecule is O=C([C@@H]1CCCO1)N(Cc1cccc2c1OCO2)[C@@H]1CCCc2ccccc21. The maximum absolute atomic E-state index is 13.5. The second-order valence-corrected chi connectivity index (χ2v) is 7.73. The summed E-state index contributed by atoms with van der Waals surface area (Å²) in [5, 5.41) is 0. The van der Waals surface area contributed by atoms with Gasteiger partial charge in [0, 0.05) is 12.2 Å². The summed E-state index contributed by atoms with van der Waals surface area (Å²) >= 11 is 0. The number of rotatable bonds is 4. The number of fused-ring (bicyclic) bond motifs is 2. The Morgan fingerprint density at radius 2 is 1.96 bits per heavy atom. The molecule has 0 spiro atoms. The Morgan fingerprint density at radius 1 is 1.04 bits per heavy atom. The van der Waals surface area contributed by atoms with Crippen LogP contribution in [-0.2, 0) is 22.5 Å². The molecule has 2 aromatic rings. The standard InChI is InChI=1S/C23H25NO4/c25-23(21-12-5-13-26-21)24(14-17-8-4-11-20-22(17)28-15-27-20)19-10-3-7-16-6-1-2-9-18(16)19/h1-2,4,6,8-9,11,19,21H,3,5,7,10,12-15H2/t19-,21+/m1/s1. The Labute approximate surface area is 165 Å². The lowest BCUT2D eigenvalue weighted by atomic mass is 9.86. The molecule has 5 rings (SSSR count). The van der Waals surface area contributed by atoms with Gasteiger partial charge >= 0.3 is 0 Å². The van der Waals surface area contributed by atoms with Gasteiger partial charge in [-0.15, -0.1) is 0 Å². The summed E-state index contributed by atoms with van der Waals surface area (Å²) in [5.41, 5.74) is 3.61. The summed E-state index contributed by atoms with van der Waals surface area (Å²) in [4.78, 5) is 15.5. The highest BCUT2D eigenvalue weighted by atomic mass is 16.7. The minimum atomic E-state index is -0.331. The Bertz CT molecular complexity index is 875. The molecule has 1 aliphatic carbocycles. The molecule has 0 radical (unpaired) electrons. The molecule has 1 amide bonds. The molecule has 146 valence electrons. The number of ether oxygens (including phenoxy) is 3. The van der Waals surface area contributed by atoms with Gasteiger partial charge in [0.2, 0.25) is 6.79 Å². The van der Waals surface area contributed by atoms with Crippen LogP contribution in [0.25, 0.3) is 0 Å². The lowest BCUT2D eigenvalue weighted by molar-refractivity contribution is -0.144. The quantitative estimate of drug-likeness (QED) is 0.806. The first kappa shape index (κ1) is 17.6. The van der Waals surface area contributed by atoms with Gasteiger partial charge in [0.15, 0.2) is 11.5 Å². The molecule has 0 bridgehead atoms. The number of nitrogens with zero attached hydrogens (tertiary/aromatic N) is 1. The first-order valence-corrected chi connectivity index (χ1v) is 10.2. The van der Waals surface area contributed by atoms with Crippen molar-refractivity contribution >= 4 is 5.91 Å². The highest BCUT2D eigenvalue weighted by molar-refractivity contribution is 5.82. The van der Waals surface area contributed by atoms with Crippen LogP contribution in [0, 0.1) is 0 Å². The summed E-state index contributed by atoms with van der Waals surface area (Å²) in [6, 6.07) is 14.5. The van der Waals surface area contributed by atoms with E-state index in [1.807, 2.05) is 23.1 Å². The van der Waals surface area contributed by atoms with Crippen molar-refractivity contribution in [3.05, 3.63) is 59.2 Å². The van der Waals surface area contributed by atoms with Crippen molar-refractivity contribution in [1.82, 2.24) is 4.90 Å². The molecule has 0 unspecified atom stereocenters. The first-order valence-electron chi connectivity index (χ1n) is 10.2. The lowest BCUT2D eigenvalue weighted by Crippen LogP contribution is -2.42. The molecule has 0 saturated carbocycles. The Balaban J connectivity index is 1.51. The van der Waals surface area contributed by atoms with Gasteiger partial charge in [0.1, 0.15) is 6.10 Å². The molecule has 2 heterocycles. The number of hydrogen-bond acceptors (Lipinski definition) is 4. The Kier molecular flexibility index (Phi) is 4.69. The van der Waals surface area contributed by atoms with Crippen LogP contribution in [0.15, 0.2) is 42.5 Å². The van der Waals surface area contributed by atoms with E-state index in [1.54, 1.807) is 0 Å². The van der Waals surface area contributed by atoms with Gasteiger partial charge in [-0.3, -0.25) is 4.79 Å². The Hall–Kier alpha value is -2.53. The number of para-hydroxylation sites is 1. The fourth-order valence-electron chi connectivity index (χ4n) is 4.65. The minimum Gasteiger partial charge on any atom is -0.454 e. The van der Waals surface area contributed by atoms with Crippen molar-refractivity contribution in [1.29, 1.82) is 0 Å². The van der Waals surface area contributed by atoms with Gasteiger partial charge in [-0.2, -0.15) is 0 Å².